The quantitative estimate of drug-likeness (QED) is 0.597. The van der Waals surface area contributed by atoms with Crippen molar-refractivity contribution in [3.8, 4) is 5.75 Å². The Kier molecular flexibility index (Phi) is 5.05. The number of alkyl halides is 4. The van der Waals surface area contributed by atoms with Crippen LogP contribution in [0.1, 0.15) is 24.2 Å². The Hall–Kier alpha value is -0.970. The van der Waals surface area contributed by atoms with Crippen molar-refractivity contribution in [2.45, 2.75) is 31.8 Å². The van der Waals surface area contributed by atoms with Crippen LogP contribution in [-0.4, -0.2) is 17.8 Å². The summed E-state index contributed by atoms with van der Waals surface area (Å²) in [6.45, 7) is 1.82. The van der Waals surface area contributed by atoms with E-state index in [2.05, 4.69) is 4.98 Å². The first-order valence-electron chi connectivity index (χ1n) is 5.14. The van der Waals surface area contributed by atoms with Gasteiger partial charge < -0.3 is 4.74 Å². The zero-order chi connectivity index (χ0) is 12.9. The topological polar surface area (TPSA) is 22.1 Å². The fourth-order valence-corrected chi connectivity index (χ4v) is 1.47. The van der Waals surface area contributed by atoms with Crippen molar-refractivity contribution < 1.29 is 17.9 Å². The highest BCUT2D eigenvalue weighted by atomic mass is 35.5. The van der Waals surface area contributed by atoms with E-state index in [0.717, 1.165) is 5.69 Å². The van der Waals surface area contributed by atoms with E-state index in [9.17, 15) is 13.2 Å². The molecular formula is C11H13ClF3NO. The molecule has 96 valence electrons. The van der Waals surface area contributed by atoms with Crippen molar-refractivity contribution in [3.05, 3.63) is 23.5 Å². The standard InChI is InChI=1S/C11H13ClF3NO/c1-8-3-4-10(9(7-12)16-8)17-6-2-5-11(13,14)15/h3-4H,2,5-7H2,1H3. The van der Waals surface area contributed by atoms with Crippen LogP contribution in [0.2, 0.25) is 0 Å². The van der Waals surface area contributed by atoms with Gasteiger partial charge in [0.2, 0.25) is 0 Å². The zero-order valence-corrected chi connectivity index (χ0v) is 10.1. The molecule has 0 fully saturated rings. The highest BCUT2D eigenvalue weighted by molar-refractivity contribution is 6.17. The number of aromatic nitrogens is 1. The second-order valence-electron chi connectivity index (χ2n) is 3.60. The maximum atomic E-state index is 11.9. The van der Waals surface area contributed by atoms with Crippen LogP contribution in [0.5, 0.6) is 5.75 Å². The van der Waals surface area contributed by atoms with Crippen LogP contribution < -0.4 is 4.74 Å². The number of rotatable bonds is 5. The first-order chi connectivity index (χ1) is 7.92. The summed E-state index contributed by atoms with van der Waals surface area (Å²) in [5.74, 6) is 0.629. The lowest BCUT2D eigenvalue weighted by molar-refractivity contribution is -0.136. The second kappa shape index (κ2) is 6.10. The van der Waals surface area contributed by atoms with E-state index in [1.54, 1.807) is 12.1 Å². The van der Waals surface area contributed by atoms with Gasteiger partial charge in [0.15, 0.2) is 0 Å². The summed E-state index contributed by atoms with van der Waals surface area (Å²) in [6.07, 6.45) is -5.05. The van der Waals surface area contributed by atoms with Gasteiger partial charge >= 0.3 is 6.18 Å². The summed E-state index contributed by atoms with van der Waals surface area (Å²) in [5.41, 5.74) is 1.35. The molecule has 0 saturated heterocycles. The van der Waals surface area contributed by atoms with Crippen molar-refractivity contribution in [2.75, 3.05) is 6.61 Å². The van der Waals surface area contributed by atoms with Gasteiger partial charge in [-0.05, 0) is 25.5 Å². The molecule has 1 aromatic heterocycles. The highest BCUT2D eigenvalue weighted by Gasteiger charge is 2.26. The zero-order valence-electron chi connectivity index (χ0n) is 9.35. The summed E-state index contributed by atoms with van der Waals surface area (Å²) in [6, 6.07) is 3.41. The fraction of sp³-hybridized carbons (Fsp3) is 0.545. The predicted octanol–water partition coefficient (Wildman–Crippen LogP) is 3.85. The molecule has 0 aliphatic heterocycles. The number of nitrogens with zero attached hydrogens (tertiary/aromatic N) is 1. The number of ether oxygens (including phenoxy) is 1. The van der Waals surface area contributed by atoms with E-state index in [4.69, 9.17) is 16.3 Å². The Morgan fingerprint density at radius 3 is 2.65 bits per heavy atom. The summed E-state index contributed by atoms with van der Waals surface area (Å²) in [7, 11) is 0. The first-order valence-corrected chi connectivity index (χ1v) is 5.68. The van der Waals surface area contributed by atoms with Gasteiger partial charge in [-0.25, -0.2) is 0 Å². The van der Waals surface area contributed by atoms with E-state index in [1.807, 2.05) is 6.92 Å². The van der Waals surface area contributed by atoms with E-state index < -0.39 is 12.6 Å². The van der Waals surface area contributed by atoms with Gasteiger partial charge in [-0.3, -0.25) is 4.98 Å². The smallest absolute Gasteiger partial charge is 0.389 e. The molecular weight excluding hydrogens is 255 g/mol. The Balaban J connectivity index is 2.46. The first kappa shape index (κ1) is 14.1. The van der Waals surface area contributed by atoms with Gasteiger partial charge in [0.25, 0.3) is 0 Å². The number of aryl methyl sites for hydroxylation is 1. The molecule has 0 atom stereocenters. The minimum absolute atomic E-state index is 0.00808. The molecule has 17 heavy (non-hydrogen) atoms. The van der Waals surface area contributed by atoms with Crippen LogP contribution >= 0.6 is 11.6 Å². The Morgan fingerprint density at radius 2 is 2.06 bits per heavy atom. The summed E-state index contributed by atoms with van der Waals surface area (Å²) >= 11 is 5.67. The molecule has 0 radical (unpaired) electrons. The largest absolute Gasteiger partial charge is 0.492 e. The Labute approximate surface area is 103 Å². The summed E-state index contributed by atoms with van der Waals surface area (Å²) in [5, 5.41) is 0. The molecule has 0 aliphatic rings. The van der Waals surface area contributed by atoms with E-state index in [1.165, 1.54) is 0 Å². The normalized spacial score (nSPS) is 11.6. The van der Waals surface area contributed by atoms with E-state index in [-0.39, 0.29) is 18.9 Å². The van der Waals surface area contributed by atoms with Gasteiger partial charge in [0.1, 0.15) is 5.75 Å². The minimum atomic E-state index is -4.13. The van der Waals surface area contributed by atoms with E-state index >= 15 is 0 Å². The number of halogens is 4. The molecule has 1 aromatic rings. The van der Waals surface area contributed by atoms with Crippen molar-refractivity contribution in [1.29, 1.82) is 0 Å². The lowest BCUT2D eigenvalue weighted by Gasteiger charge is -2.10. The SMILES string of the molecule is Cc1ccc(OCCCC(F)(F)F)c(CCl)n1. The molecule has 1 rings (SSSR count). The van der Waals surface area contributed by atoms with Gasteiger partial charge in [-0.2, -0.15) is 13.2 Å². The van der Waals surface area contributed by atoms with Crippen molar-refractivity contribution >= 4 is 11.6 Å². The molecule has 0 saturated carbocycles. The van der Waals surface area contributed by atoms with Crippen molar-refractivity contribution in [3.63, 3.8) is 0 Å². The predicted molar refractivity (Wildman–Crippen MR) is 59.3 cm³/mol. The summed E-state index contributed by atoms with van der Waals surface area (Å²) in [4.78, 5) is 4.14. The number of pyridine rings is 1. The van der Waals surface area contributed by atoms with Gasteiger partial charge in [0, 0.05) is 12.1 Å². The van der Waals surface area contributed by atoms with Crippen LogP contribution in [0.15, 0.2) is 12.1 Å². The molecule has 0 bridgehead atoms. The molecule has 0 amide bonds. The maximum Gasteiger partial charge on any atom is 0.389 e. The monoisotopic (exact) mass is 267 g/mol. The third-order valence-electron chi connectivity index (χ3n) is 2.06. The lowest BCUT2D eigenvalue weighted by Crippen LogP contribution is -2.10. The molecule has 2 nitrogen and oxygen atoms in total. The number of hydrogen-bond donors (Lipinski definition) is 0. The van der Waals surface area contributed by atoms with Gasteiger partial charge in [-0.15, -0.1) is 11.6 Å². The minimum Gasteiger partial charge on any atom is -0.492 e. The number of hydrogen-bond acceptors (Lipinski definition) is 2. The molecule has 6 heteroatoms. The van der Waals surface area contributed by atoms with Crippen molar-refractivity contribution in [1.82, 2.24) is 4.98 Å². The molecule has 0 N–H and O–H groups in total. The molecule has 0 aromatic carbocycles. The third-order valence-corrected chi connectivity index (χ3v) is 2.31. The maximum absolute atomic E-state index is 11.9. The van der Waals surface area contributed by atoms with Crippen molar-refractivity contribution in [2.24, 2.45) is 0 Å². The summed E-state index contributed by atoms with van der Waals surface area (Å²) < 4.78 is 40.9. The van der Waals surface area contributed by atoms with Crippen LogP contribution in [0.3, 0.4) is 0 Å². The second-order valence-corrected chi connectivity index (χ2v) is 3.87. The lowest BCUT2D eigenvalue weighted by atomic mass is 10.3. The Bertz CT molecular complexity index is 368. The third kappa shape index (κ3) is 5.26. The molecule has 0 spiro atoms. The van der Waals surface area contributed by atoms with Crippen LogP contribution in [0, 0.1) is 6.92 Å². The molecule has 0 aliphatic carbocycles. The van der Waals surface area contributed by atoms with Gasteiger partial charge in [-0.1, -0.05) is 0 Å². The van der Waals surface area contributed by atoms with Crippen LogP contribution in [0.4, 0.5) is 13.2 Å². The average molecular weight is 268 g/mol. The fourth-order valence-electron chi connectivity index (χ4n) is 1.28. The van der Waals surface area contributed by atoms with Gasteiger partial charge in [0.05, 0.1) is 18.2 Å². The Morgan fingerprint density at radius 1 is 1.35 bits per heavy atom. The average Bonchev–Trinajstić information content (AvgIpc) is 2.24. The van der Waals surface area contributed by atoms with E-state index in [0.29, 0.717) is 11.4 Å². The van der Waals surface area contributed by atoms with Crippen LogP contribution in [-0.2, 0) is 5.88 Å². The van der Waals surface area contributed by atoms with Crippen LogP contribution in [0.25, 0.3) is 0 Å². The molecule has 0 unspecified atom stereocenters. The molecule has 1 heterocycles. The highest BCUT2D eigenvalue weighted by Crippen LogP contribution is 2.23.